The Morgan fingerprint density at radius 1 is 1.29 bits per heavy atom. The highest BCUT2D eigenvalue weighted by Crippen LogP contribution is 2.28. The van der Waals surface area contributed by atoms with E-state index in [1.807, 2.05) is 24.1 Å². The van der Waals surface area contributed by atoms with Gasteiger partial charge in [0.25, 0.3) is 0 Å². The first kappa shape index (κ1) is 20.6. The Balaban J connectivity index is 1.51. The van der Waals surface area contributed by atoms with Crippen LogP contribution in [0.15, 0.2) is 29.3 Å². The van der Waals surface area contributed by atoms with E-state index in [0.717, 1.165) is 68.8 Å². The molecule has 0 bridgehead atoms. The molecule has 1 aliphatic heterocycles. The molecule has 6 nitrogen and oxygen atoms in total. The van der Waals surface area contributed by atoms with E-state index in [-0.39, 0.29) is 5.91 Å². The first-order chi connectivity index (χ1) is 13.7. The number of nitrogens with one attached hydrogen (secondary N) is 1. The Labute approximate surface area is 168 Å². The smallest absolute Gasteiger partial charge is 0.226 e. The predicted octanol–water partition coefficient (Wildman–Crippen LogP) is 3.03. The fourth-order valence-corrected chi connectivity index (χ4v) is 3.34. The Hall–Kier alpha value is -2.08. The second kappa shape index (κ2) is 10.5. The fourth-order valence-electron chi connectivity index (χ4n) is 3.34. The van der Waals surface area contributed by atoms with Gasteiger partial charge in [-0.1, -0.05) is 12.1 Å². The molecule has 6 heteroatoms. The number of aliphatic imine (C=N–C) groups is 1. The molecule has 2 aliphatic rings. The molecule has 28 heavy (non-hydrogen) atoms. The van der Waals surface area contributed by atoms with Crippen LogP contribution in [0, 0.1) is 5.92 Å². The summed E-state index contributed by atoms with van der Waals surface area (Å²) in [5.41, 5.74) is 2.14. The van der Waals surface area contributed by atoms with Crippen LogP contribution in [0.2, 0.25) is 0 Å². The maximum absolute atomic E-state index is 12.1. The summed E-state index contributed by atoms with van der Waals surface area (Å²) in [5, 5.41) is 3.35. The second-order valence-electron chi connectivity index (χ2n) is 7.78. The topological polar surface area (TPSA) is 57.2 Å². The molecule has 154 valence electrons. The van der Waals surface area contributed by atoms with E-state index in [0.29, 0.717) is 13.0 Å². The largest absolute Gasteiger partial charge is 0.379 e. The number of guanidine groups is 1. The van der Waals surface area contributed by atoms with Crippen LogP contribution in [0.4, 0.5) is 5.69 Å². The molecule has 0 spiro atoms. The number of carbonyl (C=O) groups excluding carboxylic acids is 1. The van der Waals surface area contributed by atoms with Crippen molar-refractivity contribution in [1.82, 2.24) is 10.2 Å². The van der Waals surface area contributed by atoms with Gasteiger partial charge in [-0.05, 0) is 56.2 Å². The van der Waals surface area contributed by atoms with Gasteiger partial charge in [0.05, 0.1) is 13.2 Å². The molecule has 1 saturated carbocycles. The molecule has 1 amide bonds. The molecule has 3 rings (SSSR count). The molecule has 1 aliphatic carbocycles. The monoisotopic (exact) mass is 386 g/mol. The summed E-state index contributed by atoms with van der Waals surface area (Å²) in [6.07, 6.45) is 5.40. The summed E-state index contributed by atoms with van der Waals surface area (Å²) in [6, 6.07) is 8.22. The second-order valence-corrected chi connectivity index (χ2v) is 7.78. The Morgan fingerprint density at radius 3 is 2.75 bits per heavy atom. The molecule has 1 aromatic carbocycles. The van der Waals surface area contributed by atoms with Crippen LogP contribution in [0.25, 0.3) is 0 Å². The molecule has 1 heterocycles. The molecule has 0 atom stereocenters. The first-order valence-electron chi connectivity index (χ1n) is 10.6. The van der Waals surface area contributed by atoms with Gasteiger partial charge in [0.2, 0.25) is 5.91 Å². The molecular formula is C22H34N4O2. The third-order valence-electron chi connectivity index (χ3n) is 5.30. The van der Waals surface area contributed by atoms with Crippen molar-refractivity contribution in [3.05, 3.63) is 29.8 Å². The zero-order valence-corrected chi connectivity index (χ0v) is 17.3. The number of benzene rings is 1. The first-order valence-corrected chi connectivity index (χ1v) is 10.6. The number of hydrogen-bond acceptors (Lipinski definition) is 3. The predicted molar refractivity (Wildman–Crippen MR) is 114 cm³/mol. The molecule has 0 radical (unpaired) electrons. The number of nitrogens with zero attached hydrogens (tertiary/aromatic N) is 3. The lowest BCUT2D eigenvalue weighted by molar-refractivity contribution is -0.119. The highest BCUT2D eigenvalue weighted by molar-refractivity contribution is 5.93. The van der Waals surface area contributed by atoms with Crippen LogP contribution in [0.3, 0.4) is 0 Å². The van der Waals surface area contributed by atoms with Gasteiger partial charge in [0.1, 0.15) is 0 Å². The van der Waals surface area contributed by atoms with E-state index in [1.54, 1.807) is 0 Å². The van der Waals surface area contributed by atoms with Crippen LogP contribution in [-0.4, -0.2) is 56.7 Å². The Bertz CT molecular complexity index is 655. The third-order valence-corrected chi connectivity index (χ3v) is 5.30. The molecule has 0 aromatic heterocycles. The van der Waals surface area contributed by atoms with E-state index >= 15 is 0 Å². The van der Waals surface area contributed by atoms with E-state index in [9.17, 15) is 4.79 Å². The molecule has 1 saturated heterocycles. The number of ether oxygens (including phenoxy) is 1. The lowest BCUT2D eigenvalue weighted by Crippen LogP contribution is -2.40. The van der Waals surface area contributed by atoms with Crippen molar-refractivity contribution in [2.45, 2.75) is 45.6 Å². The van der Waals surface area contributed by atoms with Crippen LogP contribution >= 0.6 is 0 Å². The average Bonchev–Trinajstić information content (AvgIpc) is 3.54. The van der Waals surface area contributed by atoms with E-state index in [2.05, 4.69) is 29.3 Å². The van der Waals surface area contributed by atoms with Gasteiger partial charge in [-0.3, -0.25) is 4.79 Å². The van der Waals surface area contributed by atoms with Gasteiger partial charge in [-0.25, -0.2) is 4.99 Å². The number of likely N-dealkylation sites (N-methyl/N-ethyl adjacent to an activating group) is 1. The van der Waals surface area contributed by atoms with Crippen LogP contribution in [0.5, 0.6) is 0 Å². The fraction of sp³-hybridized carbons (Fsp3) is 0.636. The van der Waals surface area contributed by atoms with Crippen molar-refractivity contribution < 1.29 is 9.53 Å². The Kier molecular flexibility index (Phi) is 7.71. The number of amides is 1. The number of rotatable bonds is 9. The summed E-state index contributed by atoms with van der Waals surface area (Å²) < 4.78 is 5.74. The van der Waals surface area contributed by atoms with Gasteiger partial charge in [0, 0.05) is 45.4 Å². The zero-order valence-electron chi connectivity index (χ0n) is 17.3. The Morgan fingerprint density at radius 2 is 2.07 bits per heavy atom. The normalized spacial score (nSPS) is 17.7. The SMILES string of the molecule is CCNC(=NCc1ccc(N2CCCCC2=O)cc1)N(C)CCOCC1CC1. The number of hydrogen-bond donors (Lipinski definition) is 1. The number of piperidine rings is 1. The van der Waals surface area contributed by atoms with Crippen LogP contribution in [0.1, 0.15) is 44.6 Å². The average molecular weight is 387 g/mol. The van der Waals surface area contributed by atoms with Gasteiger partial charge in [-0.2, -0.15) is 0 Å². The quantitative estimate of drug-likeness (QED) is 0.403. The van der Waals surface area contributed by atoms with Crippen molar-refractivity contribution in [2.75, 3.05) is 44.8 Å². The lowest BCUT2D eigenvalue weighted by Gasteiger charge is -2.26. The minimum Gasteiger partial charge on any atom is -0.379 e. The van der Waals surface area contributed by atoms with Gasteiger partial charge >= 0.3 is 0 Å². The zero-order chi connectivity index (χ0) is 19.8. The molecule has 2 fully saturated rings. The molecular weight excluding hydrogens is 352 g/mol. The van der Waals surface area contributed by atoms with Gasteiger partial charge in [0.15, 0.2) is 5.96 Å². The summed E-state index contributed by atoms with van der Waals surface area (Å²) in [7, 11) is 2.05. The maximum atomic E-state index is 12.1. The molecule has 1 N–H and O–H groups in total. The van der Waals surface area contributed by atoms with Crippen molar-refractivity contribution in [2.24, 2.45) is 10.9 Å². The summed E-state index contributed by atoms with van der Waals surface area (Å²) >= 11 is 0. The summed E-state index contributed by atoms with van der Waals surface area (Å²) in [6.45, 7) is 6.82. The van der Waals surface area contributed by atoms with Crippen molar-refractivity contribution in [3.8, 4) is 0 Å². The highest BCUT2D eigenvalue weighted by Gasteiger charge is 2.21. The summed E-state index contributed by atoms with van der Waals surface area (Å²) in [4.78, 5) is 20.9. The van der Waals surface area contributed by atoms with E-state index < -0.39 is 0 Å². The van der Waals surface area contributed by atoms with Crippen molar-refractivity contribution in [1.29, 1.82) is 0 Å². The van der Waals surface area contributed by atoms with Crippen LogP contribution < -0.4 is 10.2 Å². The third kappa shape index (κ3) is 6.23. The number of carbonyl (C=O) groups is 1. The van der Waals surface area contributed by atoms with E-state index in [4.69, 9.17) is 9.73 Å². The van der Waals surface area contributed by atoms with Gasteiger partial charge in [-0.15, -0.1) is 0 Å². The van der Waals surface area contributed by atoms with Crippen molar-refractivity contribution in [3.63, 3.8) is 0 Å². The minimum atomic E-state index is 0.233. The maximum Gasteiger partial charge on any atom is 0.226 e. The van der Waals surface area contributed by atoms with Crippen LogP contribution in [-0.2, 0) is 16.1 Å². The van der Waals surface area contributed by atoms with Crippen molar-refractivity contribution >= 4 is 17.6 Å². The highest BCUT2D eigenvalue weighted by atomic mass is 16.5. The number of anilines is 1. The van der Waals surface area contributed by atoms with Gasteiger partial charge < -0.3 is 19.9 Å². The van der Waals surface area contributed by atoms with E-state index in [1.165, 1.54) is 12.8 Å². The summed E-state index contributed by atoms with van der Waals surface area (Å²) in [5.74, 6) is 1.93. The molecule has 1 aromatic rings. The minimum absolute atomic E-state index is 0.233. The molecule has 0 unspecified atom stereocenters. The lowest BCUT2D eigenvalue weighted by atomic mass is 10.1. The standard InChI is InChI=1S/C22H34N4O2/c1-3-23-22(25(2)14-15-28-17-19-7-8-19)24-16-18-9-11-20(12-10-18)26-13-5-4-6-21(26)27/h9-12,19H,3-8,13-17H2,1-2H3,(H,23,24).